The van der Waals surface area contributed by atoms with E-state index >= 15 is 8.78 Å². The Bertz CT molecular complexity index is 907. The van der Waals surface area contributed by atoms with Crippen molar-refractivity contribution in [2.24, 2.45) is 33.6 Å². The number of alkyl halides is 2. The molecular weight excluding hydrogens is 436 g/mol. The van der Waals surface area contributed by atoms with Crippen LogP contribution in [0.2, 0.25) is 0 Å². The average molecular weight is 478 g/mol. The lowest BCUT2D eigenvalue weighted by Crippen LogP contribution is -2.63. The summed E-state index contributed by atoms with van der Waals surface area (Å²) >= 11 is 0. The molecule has 190 valence electrons. The highest BCUT2D eigenvalue weighted by atomic mass is 19.3. The second-order valence-corrected chi connectivity index (χ2v) is 13.0. The van der Waals surface area contributed by atoms with Crippen LogP contribution in [0.4, 0.5) is 8.78 Å². The second-order valence-electron chi connectivity index (χ2n) is 13.0. The third-order valence-corrected chi connectivity index (χ3v) is 10.9. The molecule has 6 rings (SSSR count). The van der Waals surface area contributed by atoms with Gasteiger partial charge in [0.25, 0.3) is 0 Å². The normalized spacial score (nSPS) is 50.2. The maximum Gasteiger partial charge on any atom is 0.322 e. The Labute approximate surface area is 202 Å². The van der Waals surface area contributed by atoms with Crippen LogP contribution in [0, 0.1) is 28.6 Å². The minimum absolute atomic E-state index is 0.0517. The second kappa shape index (κ2) is 7.58. The van der Waals surface area contributed by atoms with Gasteiger partial charge in [0.05, 0.1) is 5.54 Å². The Hall–Kier alpha value is -0.850. The molecule has 5 fully saturated rings. The van der Waals surface area contributed by atoms with Crippen molar-refractivity contribution in [3.8, 4) is 0 Å². The molecular formula is C28H41F2NO3. The molecule has 5 aliphatic carbocycles. The highest BCUT2D eigenvalue weighted by Gasteiger charge is 2.69. The first-order chi connectivity index (χ1) is 16.0. The number of rotatable bonds is 3. The number of aliphatic hydroxyl groups is 1. The fraction of sp³-hybridized carbons (Fsp3) is 0.893. The van der Waals surface area contributed by atoms with Crippen LogP contribution in [-0.2, 0) is 9.47 Å². The Morgan fingerprint density at radius 2 is 1.74 bits per heavy atom. The summed E-state index contributed by atoms with van der Waals surface area (Å²) in [6.45, 7) is 7.21. The van der Waals surface area contributed by atoms with Crippen LogP contribution in [-0.4, -0.2) is 41.0 Å². The molecule has 2 unspecified atom stereocenters. The van der Waals surface area contributed by atoms with E-state index in [0.717, 1.165) is 38.5 Å². The van der Waals surface area contributed by atoms with Crippen molar-refractivity contribution in [3.63, 3.8) is 0 Å². The topological polar surface area (TPSA) is 51.1 Å². The predicted molar refractivity (Wildman–Crippen MR) is 127 cm³/mol. The summed E-state index contributed by atoms with van der Waals surface area (Å²) in [7, 11) is 0. The van der Waals surface area contributed by atoms with Crippen LogP contribution in [0.15, 0.2) is 16.6 Å². The molecule has 1 heterocycles. The fourth-order valence-corrected chi connectivity index (χ4v) is 8.44. The van der Waals surface area contributed by atoms with Gasteiger partial charge in [0, 0.05) is 29.7 Å². The monoisotopic (exact) mass is 477 g/mol. The van der Waals surface area contributed by atoms with Gasteiger partial charge >= 0.3 is 5.92 Å². The third-order valence-electron chi connectivity index (χ3n) is 10.9. The summed E-state index contributed by atoms with van der Waals surface area (Å²) in [6, 6.07) is 0. The first kappa shape index (κ1) is 23.5. The van der Waals surface area contributed by atoms with Crippen LogP contribution in [0.3, 0.4) is 0 Å². The van der Waals surface area contributed by atoms with E-state index < -0.39 is 23.4 Å². The highest BCUT2D eigenvalue weighted by Crippen LogP contribution is 2.67. The predicted octanol–water partition coefficient (Wildman–Crippen LogP) is 6.42. The van der Waals surface area contributed by atoms with Gasteiger partial charge in [-0.2, -0.15) is 8.78 Å². The molecule has 0 aromatic rings. The molecule has 1 N–H and O–H groups in total. The van der Waals surface area contributed by atoms with Crippen LogP contribution in [0.1, 0.15) is 97.8 Å². The Kier molecular flexibility index (Phi) is 5.25. The summed E-state index contributed by atoms with van der Waals surface area (Å²) < 4.78 is 43.2. The Morgan fingerprint density at radius 1 is 0.971 bits per heavy atom. The van der Waals surface area contributed by atoms with Gasteiger partial charge < -0.3 is 14.6 Å². The van der Waals surface area contributed by atoms with Gasteiger partial charge in [-0.1, -0.05) is 19.9 Å². The Morgan fingerprint density at radius 3 is 2.44 bits per heavy atom. The molecule has 4 saturated carbocycles. The van der Waals surface area contributed by atoms with Gasteiger partial charge in [-0.15, -0.1) is 0 Å². The molecule has 4 nitrogen and oxygen atoms in total. The molecule has 6 aliphatic rings. The lowest BCUT2D eigenvalue weighted by molar-refractivity contribution is -0.375. The van der Waals surface area contributed by atoms with E-state index in [1.807, 2.05) is 6.92 Å². The SMILES string of the molecule is CC1(N=C2CC[C@H]3[C@@H]4CC=C5C(F)(F)C(O)(OC6CCCCO6)CC[C@]5(C)[C@@H]4CC[C@]23C)CC1. The fourth-order valence-electron chi connectivity index (χ4n) is 8.44. The van der Waals surface area contributed by atoms with Crippen LogP contribution in [0.25, 0.3) is 0 Å². The van der Waals surface area contributed by atoms with Crippen molar-refractivity contribution < 1.29 is 23.4 Å². The largest absolute Gasteiger partial charge is 0.360 e. The van der Waals surface area contributed by atoms with E-state index in [-0.39, 0.29) is 28.9 Å². The standard InChI is InChI=1S/C28H41F2NO3/c1-24(13-14-24)31-22-10-8-19-18-7-9-21-25(2,20(18)11-12-26(19,22)3)15-16-27(32,28(21,29)30)34-23-6-4-5-17-33-23/h9,18-20,23,32H,4-8,10-17H2,1-3H3/t18-,19-,20+,23?,25+,26-,27?/m0/s1. The third kappa shape index (κ3) is 3.33. The van der Waals surface area contributed by atoms with Crippen molar-refractivity contribution in [2.75, 3.05) is 6.61 Å². The van der Waals surface area contributed by atoms with Gasteiger partial charge in [0.1, 0.15) is 0 Å². The lowest BCUT2D eigenvalue weighted by Gasteiger charge is -2.59. The summed E-state index contributed by atoms with van der Waals surface area (Å²) in [5, 5.41) is 11.1. The maximum absolute atomic E-state index is 16.0. The Balaban J connectivity index is 1.28. The van der Waals surface area contributed by atoms with E-state index in [4.69, 9.17) is 14.5 Å². The number of halogens is 2. The first-order valence-electron chi connectivity index (χ1n) is 13.7. The molecule has 1 saturated heterocycles. The van der Waals surface area contributed by atoms with Crippen molar-refractivity contribution in [3.05, 3.63) is 11.6 Å². The number of aliphatic imine (C=N–C) groups is 1. The zero-order chi connectivity index (χ0) is 24.0. The van der Waals surface area contributed by atoms with Gasteiger partial charge in [-0.25, -0.2) is 0 Å². The lowest BCUT2D eigenvalue weighted by atomic mass is 9.47. The molecule has 0 aromatic carbocycles. The summed E-state index contributed by atoms with van der Waals surface area (Å²) in [5.41, 5.74) is 1.20. The summed E-state index contributed by atoms with van der Waals surface area (Å²) in [5.74, 6) is -4.73. The van der Waals surface area contributed by atoms with Gasteiger partial charge in [0.2, 0.25) is 5.79 Å². The molecule has 1 aliphatic heterocycles. The zero-order valence-corrected chi connectivity index (χ0v) is 21.0. The number of allylic oxidation sites excluding steroid dienone is 1. The molecule has 0 amide bonds. The zero-order valence-electron chi connectivity index (χ0n) is 21.0. The summed E-state index contributed by atoms with van der Waals surface area (Å²) in [4.78, 5) is 5.23. The number of fused-ring (bicyclic) bond motifs is 5. The van der Waals surface area contributed by atoms with Crippen molar-refractivity contribution in [2.45, 2.75) is 121 Å². The number of nitrogens with zero attached hydrogens (tertiary/aromatic N) is 1. The first-order valence-corrected chi connectivity index (χ1v) is 13.7. The maximum atomic E-state index is 16.0. The molecule has 0 spiro atoms. The smallest absolute Gasteiger partial charge is 0.322 e. The molecule has 0 bridgehead atoms. The molecule has 0 radical (unpaired) electrons. The molecule has 6 heteroatoms. The van der Waals surface area contributed by atoms with Gasteiger partial charge in [-0.3, -0.25) is 4.99 Å². The van der Waals surface area contributed by atoms with Crippen molar-refractivity contribution >= 4 is 5.71 Å². The van der Waals surface area contributed by atoms with Crippen molar-refractivity contribution in [1.82, 2.24) is 0 Å². The minimum Gasteiger partial charge on any atom is -0.360 e. The minimum atomic E-state index is -3.41. The summed E-state index contributed by atoms with van der Waals surface area (Å²) in [6.07, 6.45) is 11.1. The van der Waals surface area contributed by atoms with E-state index in [2.05, 4.69) is 13.8 Å². The van der Waals surface area contributed by atoms with Gasteiger partial charge in [-0.05, 0) is 101 Å². The van der Waals surface area contributed by atoms with E-state index in [1.165, 1.54) is 18.6 Å². The average Bonchev–Trinajstić information content (AvgIpc) is 3.43. The quantitative estimate of drug-likeness (QED) is 0.377. The number of ether oxygens (including phenoxy) is 2. The molecule has 34 heavy (non-hydrogen) atoms. The van der Waals surface area contributed by atoms with Crippen molar-refractivity contribution in [1.29, 1.82) is 0 Å². The number of hydrogen-bond donors (Lipinski definition) is 1. The molecule has 0 aromatic heterocycles. The van der Waals surface area contributed by atoms with E-state index in [0.29, 0.717) is 37.7 Å². The van der Waals surface area contributed by atoms with E-state index in [1.54, 1.807) is 6.08 Å². The van der Waals surface area contributed by atoms with Gasteiger partial charge in [0.15, 0.2) is 6.29 Å². The number of hydrogen-bond acceptors (Lipinski definition) is 4. The van der Waals surface area contributed by atoms with Crippen LogP contribution >= 0.6 is 0 Å². The van der Waals surface area contributed by atoms with E-state index in [9.17, 15) is 5.11 Å². The highest BCUT2D eigenvalue weighted by molar-refractivity contribution is 5.93. The van der Waals surface area contributed by atoms with Crippen LogP contribution < -0.4 is 0 Å². The van der Waals surface area contributed by atoms with Crippen LogP contribution in [0.5, 0.6) is 0 Å². The molecule has 7 atom stereocenters.